The Hall–Kier alpha value is -5.81. The van der Waals surface area contributed by atoms with Crippen molar-refractivity contribution >= 4 is 39.0 Å². The molecule has 0 saturated carbocycles. The average Bonchev–Trinajstić information content (AvgIpc) is 3.05. The second-order valence-electron chi connectivity index (χ2n) is 10.9. The van der Waals surface area contributed by atoms with E-state index in [0.717, 1.165) is 56.8 Å². The van der Waals surface area contributed by atoms with Crippen molar-refractivity contribution in [1.29, 1.82) is 0 Å². The maximum Gasteiger partial charge on any atom is 0.200 e. The molecule has 43 heavy (non-hydrogen) atoms. The Balaban J connectivity index is 1.22. The zero-order valence-electron chi connectivity index (χ0n) is 22.9. The Labute approximate surface area is 246 Å². The Morgan fingerprint density at radius 2 is 1.02 bits per heavy atom. The van der Waals surface area contributed by atoms with Gasteiger partial charge < -0.3 is 18.8 Å². The van der Waals surface area contributed by atoms with Gasteiger partial charge in [-0.25, -0.2) is 0 Å². The summed E-state index contributed by atoms with van der Waals surface area (Å²) in [7, 11) is 0. The highest BCUT2D eigenvalue weighted by Crippen LogP contribution is 2.51. The number of hydrogen-bond donors (Lipinski definition) is 0. The van der Waals surface area contributed by atoms with Gasteiger partial charge >= 0.3 is 0 Å². The number of hydrogen-bond acceptors (Lipinski definition) is 5. The van der Waals surface area contributed by atoms with Gasteiger partial charge in [-0.2, -0.15) is 0 Å². The van der Waals surface area contributed by atoms with E-state index in [1.807, 2.05) is 121 Å². The van der Waals surface area contributed by atoms with Gasteiger partial charge in [0.1, 0.15) is 22.7 Å². The zero-order chi connectivity index (χ0) is 28.5. The first-order valence-corrected chi connectivity index (χ1v) is 14.3. The molecule has 2 aliphatic rings. The van der Waals surface area contributed by atoms with Crippen LogP contribution >= 0.6 is 0 Å². The van der Waals surface area contributed by atoms with Crippen molar-refractivity contribution in [3.8, 4) is 23.0 Å². The van der Waals surface area contributed by atoms with Gasteiger partial charge in [0.25, 0.3) is 0 Å². The maximum atomic E-state index is 13.7. The number of fused-ring (bicyclic) bond motifs is 6. The maximum absolute atomic E-state index is 13.7. The lowest BCUT2D eigenvalue weighted by molar-refractivity contribution is 0.453. The summed E-state index contributed by atoms with van der Waals surface area (Å²) in [6.45, 7) is 0. The van der Waals surface area contributed by atoms with Gasteiger partial charge in [-0.1, -0.05) is 66.7 Å². The fourth-order valence-corrected chi connectivity index (χ4v) is 6.43. The van der Waals surface area contributed by atoms with Crippen molar-refractivity contribution in [1.82, 2.24) is 0 Å². The molecule has 6 aromatic carbocycles. The van der Waals surface area contributed by atoms with Crippen molar-refractivity contribution in [2.75, 3.05) is 4.90 Å². The summed E-state index contributed by atoms with van der Waals surface area (Å²) in [6, 6.07) is 43.8. The highest BCUT2D eigenvalue weighted by Gasteiger charge is 2.29. The number of para-hydroxylation sites is 6. The second-order valence-corrected chi connectivity index (χ2v) is 10.9. The number of ether oxygens (including phenoxy) is 2. The molecule has 3 heterocycles. The second kappa shape index (κ2) is 9.10. The monoisotopic (exact) mass is 557 g/mol. The molecule has 0 N–H and O–H groups in total. The fraction of sp³-hybridized carbons (Fsp3) is 0.0263. The Morgan fingerprint density at radius 3 is 1.67 bits per heavy atom. The summed E-state index contributed by atoms with van der Waals surface area (Å²) < 4.78 is 19.0. The van der Waals surface area contributed by atoms with E-state index in [1.54, 1.807) is 0 Å². The molecule has 0 atom stereocenters. The standard InChI is InChI=1S/C38H23NO4/c40-38-27-19-17-23(37-25-9-1-5-13-31(25)41-32-14-6-2-10-26(32)37)21-35(27)43-36-22-24(18-20-28(36)38)39-29-11-3-7-15-33(29)42-34-16-8-4-12-30(34)39/h1-22,37H. The average molecular weight is 558 g/mol. The third-order valence-electron chi connectivity index (χ3n) is 8.38. The fourth-order valence-electron chi connectivity index (χ4n) is 6.43. The predicted octanol–water partition coefficient (Wildman–Crippen LogP) is 9.81. The first kappa shape index (κ1) is 23.9. The van der Waals surface area contributed by atoms with Crippen molar-refractivity contribution in [3.05, 3.63) is 160 Å². The van der Waals surface area contributed by atoms with Crippen molar-refractivity contribution < 1.29 is 13.9 Å². The molecule has 0 spiro atoms. The third-order valence-corrected chi connectivity index (χ3v) is 8.38. The summed E-state index contributed by atoms with van der Waals surface area (Å²) in [5, 5.41) is 1.10. The van der Waals surface area contributed by atoms with E-state index in [4.69, 9.17) is 13.9 Å². The molecule has 7 aromatic rings. The number of benzene rings is 6. The van der Waals surface area contributed by atoms with Crippen molar-refractivity contribution in [3.63, 3.8) is 0 Å². The van der Waals surface area contributed by atoms with Crippen LogP contribution in [0.25, 0.3) is 21.9 Å². The highest BCUT2D eigenvalue weighted by atomic mass is 16.5. The van der Waals surface area contributed by atoms with E-state index in [1.165, 1.54) is 0 Å². The lowest BCUT2D eigenvalue weighted by atomic mass is 9.82. The van der Waals surface area contributed by atoms with Gasteiger partial charge in [0.15, 0.2) is 11.5 Å². The minimum atomic E-state index is -0.0563. The predicted molar refractivity (Wildman–Crippen MR) is 169 cm³/mol. The van der Waals surface area contributed by atoms with Crippen LogP contribution in [0, 0.1) is 0 Å². The lowest BCUT2D eigenvalue weighted by Crippen LogP contribution is -2.15. The molecule has 2 aliphatic heterocycles. The minimum absolute atomic E-state index is 0.0510. The first-order valence-electron chi connectivity index (χ1n) is 14.3. The Morgan fingerprint density at radius 1 is 0.512 bits per heavy atom. The highest BCUT2D eigenvalue weighted by molar-refractivity contribution is 5.94. The molecule has 0 aliphatic carbocycles. The first-order chi connectivity index (χ1) is 21.2. The number of nitrogens with zero attached hydrogens (tertiary/aromatic N) is 1. The molecule has 0 radical (unpaired) electrons. The topological polar surface area (TPSA) is 51.9 Å². The lowest BCUT2D eigenvalue weighted by Gasteiger charge is -2.32. The molecule has 0 bridgehead atoms. The van der Waals surface area contributed by atoms with Gasteiger partial charge in [0.05, 0.1) is 27.8 Å². The van der Waals surface area contributed by atoms with Crippen LogP contribution in [0.1, 0.15) is 22.6 Å². The van der Waals surface area contributed by atoms with Gasteiger partial charge in [-0.15, -0.1) is 0 Å². The van der Waals surface area contributed by atoms with E-state index >= 15 is 0 Å². The molecule has 0 saturated heterocycles. The summed E-state index contributed by atoms with van der Waals surface area (Å²) >= 11 is 0. The van der Waals surface area contributed by atoms with Crippen LogP contribution < -0.4 is 19.8 Å². The zero-order valence-corrected chi connectivity index (χ0v) is 22.9. The van der Waals surface area contributed by atoms with Crippen LogP contribution in [-0.2, 0) is 0 Å². The third kappa shape index (κ3) is 3.61. The molecule has 5 nitrogen and oxygen atoms in total. The minimum Gasteiger partial charge on any atom is -0.457 e. The molecule has 1 aromatic heterocycles. The smallest absolute Gasteiger partial charge is 0.200 e. The van der Waals surface area contributed by atoms with Crippen LogP contribution in [0.15, 0.2) is 143 Å². The molecule has 204 valence electrons. The quantitative estimate of drug-likeness (QED) is 0.198. The van der Waals surface area contributed by atoms with Crippen LogP contribution in [0.4, 0.5) is 17.1 Å². The van der Waals surface area contributed by atoms with E-state index in [-0.39, 0.29) is 11.3 Å². The molecule has 0 unspecified atom stereocenters. The summed E-state index contributed by atoms with van der Waals surface area (Å²) in [4.78, 5) is 15.9. The Kier molecular flexibility index (Phi) is 5.05. The Bertz CT molecular complexity index is 2050. The number of anilines is 3. The molecule has 9 rings (SSSR count). The van der Waals surface area contributed by atoms with Crippen molar-refractivity contribution in [2.24, 2.45) is 0 Å². The van der Waals surface area contributed by atoms with Gasteiger partial charge in [0.2, 0.25) is 5.43 Å². The van der Waals surface area contributed by atoms with Crippen LogP contribution in [0.3, 0.4) is 0 Å². The normalized spacial score (nSPS) is 13.4. The molecular formula is C38H23NO4. The molecule has 5 heteroatoms. The molecule has 0 fully saturated rings. The summed E-state index contributed by atoms with van der Waals surface area (Å²) in [6.07, 6.45) is 0. The molecular weight excluding hydrogens is 534 g/mol. The summed E-state index contributed by atoms with van der Waals surface area (Å²) in [5.74, 6) is 3.15. The molecule has 0 amide bonds. The van der Waals surface area contributed by atoms with Crippen LogP contribution in [-0.4, -0.2) is 0 Å². The number of rotatable bonds is 2. The van der Waals surface area contributed by atoms with E-state index < -0.39 is 0 Å². The van der Waals surface area contributed by atoms with Crippen molar-refractivity contribution in [2.45, 2.75) is 5.92 Å². The van der Waals surface area contributed by atoms with Gasteiger partial charge in [-0.3, -0.25) is 4.79 Å². The largest absolute Gasteiger partial charge is 0.457 e. The van der Waals surface area contributed by atoms with E-state index in [0.29, 0.717) is 21.9 Å². The van der Waals surface area contributed by atoms with Crippen LogP contribution in [0.5, 0.6) is 23.0 Å². The van der Waals surface area contributed by atoms with Gasteiger partial charge in [0, 0.05) is 23.1 Å². The van der Waals surface area contributed by atoms with Crippen LogP contribution in [0.2, 0.25) is 0 Å². The van der Waals surface area contributed by atoms with E-state index in [9.17, 15) is 4.79 Å². The van der Waals surface area contributed by atoms with Gasteiger partial charge in [-0.05, 0) is 66.2 Å². The van der Waals surface area contributed by atoms with E-state index in [2.05, 4.69) is 17.0 Å². The SMILES string of the molecule is O=c1c2ccc(C3c4ccccc4Oc4ccccc43)cc2oc2cc(N3c4ccccc4Oc4ccccc43)ccc12. The summed E-state index contributed by atoms with van der Waals surface area (Å²) in [5.41, 5.74) is 6.94.